The highest BCUT2D eigenvalue weighted by Gasteiger charge is 2.25. The molecule has 0 saturated heterocycles. The van der Waals surface area contributed by atoms with Crippen molar-refractivity contribution >= 4 is 54.2 Å². The van der Waals surface area contributed by atoms with Crippen LogP contribution in [0.5, 0.6) is 0 Å². The van der Waals surface area contributed by atoms with E-state index in [0.29, 0.717) is 5.89 Å². The number of rotatable bonds is 3. The molecule has 0 spiro atoms. The number of fused-ring (bicyclic) bond motifs is 10. The van der Waals surface area contributed by atoms with E-state index in [1.54, 1.807) is 0 Å². The lowest BCUT2D eigenvalue weighted by Gasteiger charge is -2.21. The third kappa shape index (κ3) is 4.34. The highest BCUT2D eigenvalue weighted by atomic mass is 16.3. The van der Waals surface area contributed by atoms with E-state index in [9.17, 15) is 0 Å². The largest absolute Gasteiger partial charge is 0.435 e. The van der Waals surface area contributed by atoms with E-state index in [4.69, 9.17) is 9.40 Å². The normalized spacial score (nSPS) is 12.0. The van der Waals surface area contributed by atoms with Crippen LogP contribution in [-0.4, -0.2) is 4.98 Å². The lowest BCUT2D eigenvalue weighted by atomic mass is 9.82. The van der Waals surface area contributed by atoms with Gasteiger partial charge in [-0.25, -0.2) is 4.98 Å². The Labute approximate surface area is 317 Å². The Morgan fingerprint density at radius 2 is 0.745 bits per heavy atom. The molecule has 0 fully saturated rings. The van der Waals surface area contributed by atoms with Gasteiger partial charge in [0.2, 0.25) is 5.89 Å². The number of nitrogens with zero attached hydrogens (tertiary/aromatic N) is 1. The molecule has 0 saturated carbocycles. The third-order valence-electron chi connectivity index (χ3n) is 11.7. The summed E-state index contributed by atoms with van der Waals surface area (Å²) in [5.41, 5.74) is 15.1. The summed E-state index contributed by atoms with van der Waals surface area (Å²) in [6.45, 7) is 0. The predicted octanol–water partition coefficient (Wildman–Crippen LogP) is 14.8. The molecular formula is C53H31NO. The Hall–Kier alpha value is -7.29. The zero-order chi connectivity index (χ0) is 36.0. The van der Waals surface area contributed by atoms with Crippen LogP contribution >= 0.6 is 0 Å². The predicted molar refractivity (Wildman–Crippen MR) is 230 cm³/mol. The van der Waals surface area contributed by atoms with Crippen molar-refractivity contribution in [1.82, 2.24) is 4.98 Å². The Morgan fingerprint density at radius 1 is 0.309 bits per heavy atom. The summed E-state index contributed by atoms with van der Waals surface area (Å²) in [5, 5.41) is 9.62. The SMILES string of the molecule is c1ccc(-c2nc3cc(-c4c5ccccc5c(-c5ccc6c7c(cccc57)-c5ccccc5-c5ccccc5-6)c5ccccc45)c4ccccc4c3o2)cc1. The quantitative estimate of drug-likeness (QED) is 0.172. The van der Waals surface area contributed by atoms with Crippen molar-refractivity contribution in [3.8, 4) is 67.1 Å². The van der Waals surface area contributed by atoms with Crippen LogP contribution in [-0.2, 0) is 0 Å². The first kappa shape index (κ1) is 30.2. The Balaban J connectivity index is 1.18. The average Bonchev–Trinajstić information content (AvgIpc) is 3.65. The topological polar surface area (TPSA) is 26.0 Å². The van der Waals surface area contributed by atoms with Crippen LogP contribution in [0.15, 0.2) is 192 Å². The van der Waals surface area contributed by atoms with Gasteiger partial charge in [-0.15, -0.1) is 0 Å². The van der Waals surface area contributed by atoms with Gasteiger partial charge in [0.15, 0.2) is 5.58 Å². The second-order valence-electron chi connectivity index (χ2n) is 14.5. The molecule has 1 aliphatic rings. The molecule has 10 aromatic carbocycles. The molecule has 0 radical (unpaired) electrons. The summed E-state index contributed by atoms with van der Waals surface area (Å²) < 4.78 is 6.53. The van der Waals surface area contributed by atoms with Gasteiger partial charge in [-0.1, -0.05) is 170 Å². The maximum absolute atomic E-state index is 6.53. The Morgan fingerprint density at radius 3 is 1.36 bits per heavy atom. The van der Waals surface area contributed by atoms with Crippen molar-refractivity contribution in [2.75, 3.05) is 0 Å². The molecule has 0 amide bonds. The summed E-state index contributed by atoms with van der Waals surface area (Å²) in [4.78, 5) is 5.08. The van der Waals surface area contributed by atoms with E-state index in [1.807, 2.05) is 18.2 Å². The third-order valence-corrected chi connectivity index (χ3v) is 11.7. The van der Waals surface area contributed by atoms with Crippen molar-refractivity contribution < 1.29 is 4.42 Å². The van der Waals surface area contributed by atoms with Crippen molar-refractivity contribution in [2.45, 2.75) is 0 Å². The highest BCUT2D eigenvalue weighted by Crippen LogP contribution is 2.52. The van der Waals surface area contributed by atoms with Gasteiger partial charge in [-0.3, -0.25) is 0 Å². The van der Waals surface area contributed by atoms with Gasteiger partial charge in [-0.2, -0.15) is 0 Å². The van der Waals surface area contributed by atoms with Crippen LogP contribution in [0.1, 0.15) is 0 Å². The molecular weight excluding hydrogens is 667 g/mol. The van der Waals surface area contributed by atoms with Crippen LogP contribution in [0.4, 0.5) is 0 Å². The van der Waals surface area contributed by atoms with Crippen molar-refractivity contribution in [1.29, 1.82) is 0 Å². The highest BCUT2D eigenvalue weighted by molar-refractivity contribution is 6.28. The fraction of sp³-hybridized carbons (Fsp3) is 0. The lowest BCUT2D eigenvalue weighted by Crippen LogP contribution is -1.93. The number of oxazole rings is 1. The molecule has 0 aliphatic heterocycles. The van der Waals surface area contributed by atoms with E-state index >= 15 is 0 Å². The molecule has 1 aromatic heterocycles. The van der Waals surface area contributed by atoms with E-state index in [1.165, 1.54) is 82.4 Å². The van der Waals surface area contributed by atoms with Gasteiger partial charge in [0.05, 0.1) is 0 Å². The lowest BCUT2D eigenvalue weighted by molar-refractivity contribution is 0.623. The van der Waals surface area contributed by atoms with Crippen molar-refractivity contribution in [3.63, 3.8) is 0 Å². The second-order valence-corrected chi connectivity index (χ2v) is 14.5. The maximum Gasteiger partial charge on any atom is 0.227 e. The first-order chi connectivity index (χ1) is 27.3. The van der Waals surface area contributed by atoms with Gasteiger partial charge >= 0.3 is 0 Å². The van der Waals surface area contributed by atoms with E-state index < -0.39 is 0 Å². The van der Waals surface area contributed by atoms with Gasteiger partial charge in [0.1, 0.15) is 5.52 Å². The summed E-state index contributed by atoms with van der Waals surface area (Å²) in [6.07, 6.45) is 0. The average molecular weight is 698 g/mol. The van der Waals surface area contributed by atoms with E-state index in [0.717, 1.165) is 33.0 Å². The summed E-state index contributed by atoms with van der Waals surface area (Å²) >= 11 is 0. The first-order valence-corrected chi connectivity index (χ1v) is 18.9. The second kappa shape index (κ2) is 11.6. The van der Waals surface area contributed by atoms with Gasteiger partial charge in [0, 0.05) is 10.9 Å². The van der Waals surface area contributed by atoms with Crippen molar-refractivity contribution in [2.24, 2.45) is 0 Å². The number of hydrogen-bond donors (Lipinski definition) is 0. The van der Waals surface area contributed by atoms with Gasteiger partial charge in [-0.05, 0) is 112 Å². The molecule has 0 unspecified atom stereocenters. The molecule has 11 aromatic rings. The number of hydrogen-bond acceptors (Lipinski definition) is 2. The Bertz CT molecular complexity index is 3260. The standard InChI is InChI=1S/C53H31NO/c1-2-15-32(16-3-1)53-54-48-31-47(37-21-8-13-26-46(37)52(48)55-53)51-41-24-11-9-22-39(41)50(40-23-10-12-25-42(40)51)45-30-29-44-36-20-7-5-18-34(36)33-17-4-6-19-35(33)38-27-14-28-43(45)49(38)44/h1-31H. The molecule has 0 bridgehead atoms. The zero-order valence-corrected chi connectivity index (χ0v) is 29.8. The fourth-order valence-corrected chi connectivity index (χ4v) is 9.35. The van der Waals surface area contributed by atoms with Crippen LogP contribution < -0.4 is 0 Å². The molecule has 12 rings (SSSR count). The summed E-state index contributed by atoms with van der Waals surface area (Å²) in [7, 11) is 0. The monoisotopic (exact) mass is 697 g/mol. The molecule has 1 aliphatic carbocycles. The van der Waals surface area contributed by atoms with Gasteiger partial charge < -0.3 is 4.42 Å². The minimum Gasteiger partial charge on any atom is -0.435 e. The molecule has 55 heavy (non-hydrogen) atoms. The molecule has 254 valence electrons. The van der Waals surface area contributed by atoms with Crippen LogP contribution in [0.25, 0.3) is 121 Å². The van der Waals surface area contributed by atoms with Crippen LogP contribution in [0.2, 0.25) is 0 Å². The van der Waals surface area contributed by atoms with Gasteiger partial charge in [0.25, 0.3) is 0 Å². The van der Waals surface area contributed by atoms with Crippen LogP contribution in [0.3, 0.4) is 0 Å². The maximum atomic E-state index is 6.53. The molecule has 2 heteroatoms. The first-order valence-electron chi connectivity index (χ1n) is 18.9. The summed E-state index contributed by atoms with van der Waals surface area (Å²) in [6, 6.07) is 68.2. The molecule has 1 heterocycles. The van der Waals surface area contributed by atoms with Crippen LogP contribution in [0, 0.1) is 0 Å². The Kier molecular flexibility index (Phi) is 6.37. The fourth-order valence-electron chi connectivity index (χ4n) is 9.35. The number of aromatic nitrogens is 1. The minimum absolute atomic E-state index is 0.631. The molecule has 2 nitrogen and oxygen atoms in total. The smallest absolute Gasteiger partial charge is 0.227 e. The van der Waals surface area contributed by atoms with E-state index in [2.05, 4.69) is 170 Å². The summed E-state index contributed by atoms with van der Waals surface area (Å²) in [5.74, 6) is 0.631. The molecule has 0 N–H and O–H groups in total. The molecule has 0 atom stereocenters. The number of benzene rings is 10. The van der Waals surface area contributed by atoms with Crippen molar-refractivity contribution in [3.05, 3.63) is 188 Å². The minimum atomic E-state index is 0.631. The zero-order valence-electron chi connectivity index (χ0n) is 29.8. The van der Waals surface area contributed by atoms with E-state index in [-0.39, 0.29) is 0 Å².